The monoisotopic (exact) mass is 914 g/mol. The van der Waals surface area contributed by atoms with Gasteiger partial charge >= 0.3 is 0 Å². The summed E-state index contributed by atoms with van der Waals surface area (Å²) in [4.78, 5) is 69.4. The number of benzene rings is 3. The number of thiophene rings is 1. The first-order valence-corrected chi connectivity index (χ1v) is 23.5. The summed E-state index contributed by atoms with van der Waals surface area (Å²) in [6.45, 7) is 6.94. The third-order valence-electron chi connectivity index (χ3n) is 10.8. The summed E-state index contributed by atoms with van der Waals surface area (Å²) in [6, 6.07) is 21.1. The Morgan fingerprint density at radius 3 is 2.43 bits per heavy atom. The van der Waals surface area contributed by atoms with Crippen molar-refractivity contribution in [3.05, 3.63) is 151 Å². The predicted octanol–water partition coefficient (Wildman–Crippen LogP) is 9.66. The number of thiazole rings is 1. The molecular formula is C47H43ClN8O4S3. The molecule has 0 spiro atoms. The number of nitrogens with zero attached hydrogens (tertiary/aromatic N) is 6. The molecule has 4 aromatic heterocycles. The van der Waals surface area contributed by atoms with Gasteiger partial charge in [-0.3, -0.25) is 33.7 Å². The summed E-state index contributed by atoms with van der Waals surface area (Å²) in [5.74, 6) is 0.805. The second-order valence-corrected chi connectivity index (χ2v) is 18.8. The minimum atomic E-state index is -0.573. The lowest BCUT2D eigenvalue weighted by Crippen LogP contribution is -2.26. The third kappa shape index (κ3) is 10.0. The van der Waals surface area contributed by atoms with E-state index in [1.54, 1.807) is 60.0 Å². The van der Waals surface area contributed by atoms with E-state index >= 15 is 0 Å². The summed E-state index contributed by atoms with van der Waals surface area (Å²) < 4.78 is 2.03. The Labute approximate surface area is 381 Å². The van der Waals surface area contributed by atoms with Crippen molar-refractivity contribution in [3.8, 4) is 5.00 Å². The number of ketones is 1. The van der Waals surface area contributed by atoms with Gasteiger partial charge in [-0.2, -0.15) is 0 Å². The first kappa shape index (κ1) is 43.8. The number of hydrogen-bond donors (Lipinski definition) is 2. The molecule has 8 rings (SSSR count). The lowest BCUT2D eigenvalue weighted by Gasteiger charge is -2.13. The topological polar surface area (TPSA) is 161 Å². The van der Waals surface area contributed by atoms with Gasteiger partial charge in [0.25, 0.3) is 5.91 Å². The van der Waals surface area contributed by atoms with E-state index in [0.717, 1.165) is 50.0 Å². The standard InChI is InChI=1S/C47H43ClN8O4S3/c1-27-28(2)62-46-41(27)43(30-13-15-35(48)16-14-30)53-36(44-55-54-29(3)56(44)46)25-39(58)49-18-9-5-8-12-37(57)32-22-33-23-34(45(59)51-19-17-40-50-20-21-61-40)26-52-42(33)38(24-32)63-47(60)31-10-6-4-7-11-31/h4,6-7,10-11,13-16,20-24,26,36H,5,8-9,12,17-19,25H2,1-3H3,(H,49,58)(H,51,59)/t36-/m0/s1. The molecule has 0 aliphatic carbocycles. The van der Waals surface area contributed by atoms with Crippen molar-refractivity contribution in [2.45, 2.75) is 70.2 Å². The number of fused-ring (bicyclic) bond motifs is 4. The molecule has 7 aromatic rings. The molecule has 3 aromatic carbocycles. The number of Topliss-reactive ketones (excluding diaryl/α,β-unsaturated/α-hetero) is 1. The summed E-state index contributed by atoms with van der Waals surface area (Å²) in [7, 11) is 0. The third-order valence-corrected chi connectivity index (χ3v) is 14.0. The van der Waals surface area contributed by atoms with Gasteiger partial charge in [0.1, 0.15) is 16.9 Å². The highest BCUT2D eigenvalue weighted by molar-refractivity contribution is 8.14. The molecule has 2 amide bonds. The van der Waals surface area contributed by atoms with E-state index < -0.39 is 6.04 Å². The van der Waals surface area contributed by atoms with E-state index in [9.17, 15) is 19.2 Å². The van der Waals surface area contributed by atoms with Gasteiger partial charge in [0.05, 0.1) is 28.2 Å². The van der Waals surface area contributed by atoms with Crippen LogP contribution in [-0.4, -0.2) is 66.2 Å². The Hall–Kier alpha value is -5.87. The van der Waals surface area contributed by atoms with Crippen LogP contribution in [0, 0.1) is 20.8 Å². The van der Waals surface area contributed by atoms with Crippen LogP contribution in [-0.2, 0) is 11.2 Å². The van der Waals surface area contributed by atoms with E-state index in [1.165, 1.54) is 22.4 Å². The summed E-state index contributed by atoms with van der Waals surface area (Å²) in [6.07, 6.45) is 6.16. The van der Waals surface area contributed by atoms with Crippen LogP contribution in [0.1, 0.15) is 107 Å². The van der Waals surface area contributed by atoms with Crippen molar-refractivity contribution < 1.29 is 19.2 Å². The van der Waals surface area contributed by atoms with E-state index in [1.807, 2.05) is 47.2 Å². The SMILES string of the molecule is Cc1sc2c(c1C)C(c1ccc(Cl)cc1)=N[C@@H](CC(=O)NCCCCCC(=O)c1cc(SC(=O)c3ccccc3)c3ncc(C(=O)NCCc4nccs4)cc3c1)c1nnc(C)n1-2. The number of aliphatic imine (C=N–C) groups is 1. The first-order chi connectivity index (χ1) is 30.5. The van der Waals surface area contributed by atoms with Gasteiger partial charge in [-0.1, -0.05) is 60.5 Å². The molecule has 16 heteroatoms. The van der Waals surface area contributed by atoms with Crippen molar-refractivity contribution in [3.63, 3.8) is 0 Å². The van der Waals surface area contributed by atoms with Crippen LogP contribution in [0.15, 0.2) is 100 Å². The van der Waals surface area contributed by atoms with Gasteiger partial charge in [-0.15, -0.1) is 32.9 Å². The average molecular weight is 916 g/mol. The van der Waals surface area contributed by atoms with E-state index in [0.29, 0.717) is 82.1 Å². The van der Waals surface area contributed by atoms with Crippen LogP contribution in [0.2, 0.25) is 5.02 Å². The zero-order chi connectivity index (χ0) is 44.0. The lowest BCUT2D eigenvalue weighted by atomic mass is 9.99. The number of thioether (sulfide) groups is 1. The number of amides is 2. The molecule has 5 heterocycles. The van der Waals surface area contributed by atoms with Crippen LogP contribution in [0.3, 0.4) is 0 Å². The molecule has 0 unspecified atom stereocenters. The summed E-state index contributed by atoms with van der Waals surface area (Å²) in [5.41, 5.74) is 5.66. The summed E-state index contributed by atoms with van der Waals surface area (Å²) >= 11 is 10.5. The molecule has 12 nitrogen and oxygen atoms in total. The van der Waals surface area contributed by atoms with Gasteiger partial charge in [-0.05, 0) is 81.3 Å². The fraction of sp³-hybridized carbons (Fsp3) is 0.255. The highest BCUT2D eigenvalue weighted by Crippen LogP contribution is 2.40. The lowest BCUT2D eigenvalue weighted by molar-refractivity contribution is -0.121. The maximum absolute atomic E-state index is 13.7. The highest BCUT2D eigenvalue weighted by Gasteiger charge is 2.32. The number of pyridine rings is 1. The number of carbonyl (C=O) groups excluding carboxylic acids is 4. The average Bonchev–Trinajstić information content (AvgIpc) is 4.00. The molecule has 0 saturated carbocycles. The van der Waals surface area contributed by atoms with Crippen LogP contribution < -0.4 is 10.6 Å². The normalized spacial score (nSPS) is 13.2. The molecule has 0 bridgehead atoms. The smallest absolute Gasteiger partial charge is 0.252 e. The molecule has 0 fully saturated rings. The summed E-state index contributed by atoms with van der Waals surface area (Å²) in [5, 5.41) is 19.7. The molecule has 2 N–H and O–H groups in total. The number of carbonyl (C=O) groups is 4. The zero-order valence-electron chi connectivity index (χ0n) is 34.8. The van der Waals surface area contributed by atoms with E-state index in [-0.39, 0.29) is 35.6 Å². The second kappa shape index (κ2) is 19.7. The van der Waals surface area contributed by atoms with Gasteiger partial charge in [0, 0.05) is 86.1 Å². The number of nitrogens with one attached hydrogen (secondary N) is 2. The number of halogens is 1. The second-order valence-electron chi connectivity index (χ2n) is 15.1. The van der Waals surface area contributed by atoms with Crippen molar-refractivity contribution in [1.82, 2.24) is 35.4 Å². The minimum Gasteiger partial charge on any atom is -0.356 e. The zero-order valence-corrected chi connectivity index (χ0v) is 38.0. The first-order valence-electron chi connectivity index (χ1n) is 20.6. The molecular weight excluding hydrogens is 872 g/mol. The number of unbranched alkanes of at least 4 members (excludes halogenated alkanes) is 2. The molecule has 0 saturated heterocycles. The number of aryl methyl sites for hydroxylation is 2. The van der Waals surface area contributed by atoms with Gasteiger partial charge in [0.2, 0.25) is 11.0 Å². The molecule has 1 aliphatic rings. The molecule has 63 heavy (non-hydrogen) atoms. The fourth-order valence-electron chi connectivity index (χ4n) is 7.41. The Morgan fingerprint density at radius 1 is 0.857 bits per heavy atom. The number of rotatable bonds is 16. The highest BCUT2D eigenvalue weighted by atomic mass is 35.5. The van der Waals surface area contributed by atoms with Gasteiger partial charge in [0.15, 0.2) is 11.6 Å². The largest absolute Gasteiger partial charge is 0.356 e. The van der Waals surface area contributed by atoms with Gasteiger partial charge < -0.3 is 10.6 Å². The fourth-order valence-corrected chi connectivity index (χ4v) is 10.3. The molecule has 1 aliphatic heterocycles. The van der Waals surface area contributed by atoms with Crippen molar-refractivity contribution in [2.24, 2.45) is 4.99 Å². The van der Waals surface area contributed by atoms with E-state index in [2.05, 4.69) is 44.6 Å². The Balaban J connectivity index is 0.906. The van der Waals surface area contributed by atoms with Crippen molar-refractivity contribution in [1.29, 1.82) is 0 Å². The van der Waals surface area contributed by atoms with Gasteiger partial charge in [-0.25, -0.2) is 4.98 Å². The molecule has 1 atom stereocenters. The Kier molecular flexibility index (Phi) is 13.7. The maximum atomic E-state index is 13.7. The Bertz CT molecular complexity index is 2860. The number of aromatic nitrogens is 5. The van der Waals surface area contributed by atoms with Crippen LogP contribution in [0.4, 0.5) is 0 Å². The molecule has 0 radical (unpaired) electrons. The van der Waals surface area contributed by atoms with Crippen LogP contribution >= 0.6 is 46.0 Å². The van der Waals surface area contributed by atoms with Crippen molar-refractivity contribution >= 4 is 85.4 Å². The minimum absolute atomic E-state index is 0.0840. The number of hydrogen-bond acceptors (Lipinski definition) is 12. The van der Waals surface area contributed by atoms with Crippen LogP contribution in [0.5, 0.6) is 0 Å². The predicted molar refractivity (Wildman–Crippen MR) is 250 cm³/mol. The van der Waals surface area contributed by atoms with E-state index in [4.69, 9.17) is 16.6 Å². The molecule has 320 valence electrons. The van der Waals surface area contributed by atoms with Crippen molar-refractivity contribution in [2.75, 3.05) is 13.1 Å². The quantitative estimate of drug-likeness (QED) is 0.0547. The van der Waals surface area contributed by atoms with Crippen LogP contribution in [0.25, 0.3) is 15.9 Å². The Morgan fingerprint density at radius 2 is 1.65 bits per heavy atom. The maximum Gasteiger partial charge on any atom is 0.252 e.